The zero-order valence-electron chi connectivity index (χ0n) is 7.45. The number of nitrogens with zero attached hydrogens (tertiary/aromatic N) is 4. The van der Waals surface area contributed by atoms with Crippen LogP contribution in [0.3, 0.4) is 0 Å². The molecule has 0 bridgehead atoms. The maximum Gasteiger partial charge on any atom is 0.450 e. The van der Waals surface area contributed by atoms with E-state index in [2.05, 4.69) is 15.4 Å². The quantitative estimate of drug-likeness (QED) is 0.527. The van der Waals surface area contributed by atoms with Gasteiger partial charge in [-0.1, -0.05) is 0 Å². The van der Waals surface area contributed by atoms with E-state index in [-0.39, 0.29) is 0 Å². The Morgan fingerprint density at radius 2 is 2.00 bits per heavy atom. The summed E-state index contributed by atoms with van der Waals surface area (Å²) in [6, 6.07) is 0. The molecule has 0 N–H and O–H groups in total. The molecule has 0 unspecified atom stereocenters. The van der Waals surface area contributed by atoms with Gasteiger partial charge in [-0.2, -0.15) is 18.0 Å². The molecular formula is C6H5F3N4O2. The van der Waals surface area contributed by atoms with Crippen molar-refractivity contribution in [2.45, 2.75) is 12.6 Å². The van der Waals surface area contributed by atoms with Gasteiger partial charge in [-0.25, -0.2) is 0 Å². The molecule has 0 fully saturated rings. The number of alkyl halides is 3. The Kier molecular flexibility index (Phi) is 2.82. The summed E-state index contributed by atoms with van der Waals surface area (Å²) in [5.41, 5.74) is 0. The number of carbonyl (C=O) groups excluding carboxylic acids is 2. The minimum atomic E-state index is -5.02. The lowest BCUT2D eigenvalue weighted by Gasteiger charge is -2.01. The largest absolute Gasteiger partial charge is 0.450 e. The maximum absolute atomic E-state index is 11.8. The summed E-state index contributed by atoms with van der Waals surface area (Å²) in [6.07, 6.45) is -6.31. The number of ketones is 2. The second-order valence-electron chi connectivity index (χ2n) is 2.62. The predicted molar refractivity (Wildman–Crippen MR) is 38.8 cm³/mol. The first kappa shape index (κ1) is 11.3. The number of aryl methyl sites for hydroxylation is 1. The third-order valence-electron chi connectivity index (χ3n) is 1.40. The van der Waals surface area contributed by atoms with Crippen molar-refractivity contribution in [2.75, 3.05) is 0 Å². The molecule has 6 nitrogen and oxygen atoms in total. The van der Waals surface area contributed by atoms with E-state index in [1.807, 2.05) is 0 Å². The second kappa shape index (κ2) is 3.75. The first-order valence-electron chi connectivity index (χ1n) is 3.68. The van der Waals surface area contributed by atoms with Crippen LogP contribution >= 0.6 is 0 Å². The molecule has 1 aromatic heterocycles. The molecule has 0 aromatic carbocycles. The van der Waals surface area contributed by atoms with Crippen molar-refractivity contribution >= 4 is 11.6 Å². The molecule has 0 aliphatic carbocycles. The summed E-state index contributed by atoms with van der Waals surface area (Å²) in [6.45, 7) is 0. The van der Waals surface area contributed by atoms with Crippen LogP contribution in [-0.4, -0.2) is 38.0 Å². The Bertz CT molecular complexity index is 397. The van der Waals surface area contributed by atoms with E-state index in [1.54, 1.807) is 0 Å². The van der Waals surface area contributed by atoms with Gasteiger partial charge in [0.25, 0.3) is 0 Å². The summed E-state index contributed by atoms with van der Waals surface area (Å²) in [5, 5.41) is 9.80. The van der Waals surface area contributed by atoms with Gasteiger partial charge in [-0.3, -0.25) is 9.59 Å². The van der Waals surface area contributed by atoms with Crippen molar-refractivity contribution in [3.8, 4) is 0 Å². The van der Waals surface area contributed by atoms with Crippen LogP contribution in [0.1, 0.15) is 17.0 Å². The normalized spacial score (nSPS) is 11.5. The van der Waals surface area contributed by atoms with Crippen LogP contribution in [0, 0.1) is 0 Å². The zero-order chi connectivity index (χ0) is 11.6. The fourth-order valence-corrected chi connectivity index (χ4v) is 0.721. The van der Waals surface area contributed by atoms with Gasteiger partial charge in [0.2, 0.25) is 17.4 Å². The number of halogens is 3. The predicted octanol–water partition coefficient (Wildman–Crippen LogP) is -0.0857. The fourth-order valence-electron chi connectivity index (χ4n) is 0.721. The Labute approximate surface area is 81.1 Å². The van der Waals surface area contributed by atoms with Crippen LogP contribution in [0.4, 0.5) is 13.2 Å². The molecule has 0 amide bonds. The standard InChI is InChI=1S/C6H5F3N4O2/c1-13-11-5(10-12-13)3(14)2-4(15)6(7,8)9/h2H2,1H3. The molecule has 15 heavy (non-hydrogen) atoms. The zero-order valence-corrected chi connectivity index (χ0v) is 7.45. The number of Topliss-reactive ketones (excluding diaryl/α,β-unsaturated/α-hetero) is 2. The molecule has 0 saturated heterocycles. The Morgan fingerprint density at radius 1 is 1.40 bits per heavy atom. The van der Waals surface area contributed by atoms with E-state index in [0.29, 0.717) is 0 Å². The van der Waals surface area contributed by atoms with Gasteiger partial charge >= 0.3 is 6.18 Å². The number of hydrogen-bond acceptors (Lipinski definition) is 5. The Balaban J connectivity index is 2.69. The average Bonchev–Trinajstić information content (AvgIpc) is 2.50. The van der Waals surface area contributed by atoms with Crippen molar-refractivity contribution in [3.63, 3.8) is 0 Å². The molecule has 0 aliphatic rings. The highest BCUT2D eigenvalue weighted by Crippen LogP contribution is 2.18. The molecule has 0 atom stereocenters. The topological polar surface area (TPSA) is 77.7 Å². The van der Waals surface area contributed by atoms with Gasteiger partial charge < -0.3 is 0 Å². The molecule has 1 heterocycles. The molecule has 0 radical (unpaired) electrons. The number of carbonyl (C=O) groups is 2. The number of aromatic nitrogens is 4. The van der Waals surface area contributed by atoms with Gasteiger partial charge in [0.05, 0.1) is 13.5 Å². The number of hydrogen-bond donors (Lipinski definition) is 0. The number of tetrazole rings is 1. The lowest BCUT2D eigenvalue weighted by molar-refractivity contribution is -0.170. The molecule has 0 saturated carbocycles. The minimum absolute atomic E-state index is 0.505. The SMILES string of the molecule is Cn1nnc(C(=O)CC(=O)C(F)(F)F)n1. The molecular weight excluding hydrogens is 217 g/mol. The van der Waals surface area contributed by atoms with Crippen LogP contribution < -0.4 is 0 Å². The van der Waals surface area contributed by atoms with Crippen molar-refractivity contribution in [1.29, 1.82) is 0 Å². The summed E-state index contributed by atoms with van der Waals surface area (Å²) >= 11 is 0. The van der Waals surface area contributed by atoms with Crippen LogP contribution in [0.2, 0.25) is 0 Å². The summed E-state index contributed by atoms with van der Waals surface area (Å²) in [4.78, 5) is 22.4. The smallest absolute Gasteiger partial charge is 0.290 e. The van der Waals surface area contributed by atoms with Gasteiger partial charge in [-0.15, -0.1) is 10.2 Å². The van der Waals surface area contributed by atoms with Gasteiger partial charge in [0.15, 0.2) is 0 Å². The monoisotopic (exact) mass is 222 g/mol. The van der Waals surface area contributed by atoms with E-state index in [9.17, 15) is 22.8 Å². The van der Waals surface area contributed by atoms with Crippen LogP contribution in [0.5, 0.6) is 0 Å². The van der Waals surface area contributed by atoms with E-state index in [1.165, 1.54) is 7.05 Å². The maximum atomic E-state index is 11.8. The van der Waals surface area contributed by atoms with Crippen molar-refractivity contribution in [2.24, 2.45) is 7.05 Å². The van der Waals surface area contributed by atoms with E-state index in [0.717, 1.165) is 4.80 Å². The number of rotatable bonds is 3. The van der Waals surface area contributed by atoms with Crippen molar-refractivity contribution in [3.05, 3.63) is 5.82 Å². The first-order chi connectivity index (χ1) is 6.80. The van der Waals surface area contributed by atoms with E-state index >= 15 is 0 Å². The highest BCUT2D eigenvalue weighted by molar-refractivity contribution is 6.07. The summed E-state index contributed by atoms with van der Waals surface area (Å²) in [5.74, 6) is -3.74. The highest BCUT2D eigenvalue weighted by atomic mass is 19.4. The minimum Gasteiger partial charge on any atom is -0.290 e. The first-order valence-corrected chi connectivity index (χ1v) is 3.68. The van der Waals surface area contributed by atoms with Gasteiger partial charge in [0, 0.05) is 0 Å². The molecule has 1 aromatic rings. The summed E-state index contributed by atoms with van der Waals surface area (Å²) < 4.78 is 35.3. The molecule has 9 heteroatoms. The van der Waals surface area contributed by atoms with Crippen LogP contribution in [-0.2, 0) is 11.8 Å². The third kappa shape index (κ3) is 2.82. The fraction of sp³-hybridized carbons (Fsp3) is 0.500. The van der Waals surface area contributed by atoms with E-state index < -0.39 is 30.0 Å². The summed E-state index contributed by atoms with van der Waals surface area (Å²) in [7, 11) is 1.34. The van der Waals surface area contributed by atoms with Crippen LogP contribution in [0.25, 0.3) is 0 Å². The molecule has 1 rings (SSSR count). The lowest BCUT2D eigenvalue weighted by atomic mass is 10.2. The molecule has 0 aliphatic heterocycles. The van der Waals surface area contributed by atoms with Gasteiger partial charge in [0.1, 0.15) is 0 Å². The lowest BCUT2D eigenvalue weighted by Crippen LogP contribution is -2.25. The second-order valence-corrected chi connectivity index (χ2v) is 2.62. The van der Waals surface area contributed by atoms with E-state index in [4.69, 9.17) is 0 Å². The molecule has 0 spiro atoms. The Hall–Kier alpha value is -1.80. The highest BCUT2D eigenvalue weighted by Gasteiger charge is 2.39. The van der Waals surface area contributed by atoms with Crippen molar-refractivity contribution < 1.29 is 22.8 Å². The van der Waals surface area contributed by atoms with Gasteiger partial charge in [-0.05, 0) is 5.21 Å². The molecule has 82 valence electrons. The average molecular weight is 222 g/mol. The van der Waals surface area contributed by atoms with Crippen molar-refractivity contribution in [1.82, 2.24) is 20.2 Å². The Morgan fingerprint density at radius 3 is 2.40 bits per heavy atom. The third-order valence-corrected chi connectivity index (χ3v) is 1.40. The van der Waals surface area contributed by atoms with Crippen LogP contribution in [0.15, 0.2) is 0 Å².